The van der Waals surface area contributed by atoms with Gasteiger partial charge in [-0.3, -0.25) is 0 Å². The molecule has 2 aliphatic rings. The van der Waals surface area contributed by atoms with Crippen LogP contribution in [-0.4, -0.2) is 31.7 Å². The Morgan fingerprint density at radius 2 is 2.00 bits per heavy atom. The smallest absolute Gasteiger partial charge is 0.253 e. The lowest BCUT2D eigenvalue weighted by Gasteiger charge is -2.41. The highest BCUT2D eigenvalue weighted by Gasteiger charge is 2.43. The van der Waals surface area contributed by atoms with Gasteiger partial charge in [0.15, 0.2) is 0 Å². The van der Waals surface area contributed by atoms with E-state index < -0.39 is 12.5 Å². The van der Waals surface area contributed by atoms with E-state index in [1.54, 1.807) is 7.05 Å². The molecular formula is C12H21F2NO. The van der Waals surface area contributed by atoms with Crippen LogP contribution < -0.4 is 5.32 Å². The van der Waals surface area contributed by atoms with E-state index in [0.29, 0.717) is 6.61 Å². The van der Waals surface area contributed by atoms with Crippen molar-refractivity contribution >= 4 is 0 Å². The zero-order chi connectivity index (χ0) is 11.6. The van der Waals surface area contributed by atoms with E-state index in [1.807, 2.05) is 0 Å². The summed E-state index contributed by atoms with van der Waals surface area (Å²) in [5.41, 5.74) is -0.0626. The summed E-state index contributed by atoms with van der Waals surface area (Å²) in [5, 5.41) is 2.77. The van der Waals surface area contributed by atoms with Gasteiger partial charge in [-0.25, -0.2) is 8.78 Å². The molecule has 1 spiro atoms. The number of alkyl halides is 2. The quantitative estimate of drug-likeness (QED) is 0.809. The van der Waals surface area contributed by atoms with Gasteiger partial charge >= 0.3 is 0 Å². The molecule has 94 valence electrons. The van der Waals surface area contributed by atoms with Crippen LogP contribution in [-0.2, 0) is 4.74 Å². The van der Waals surface area contributed by atoms with E-state index in [1.165, 1.54) is 12.8 Å². The number of ether oxygens (including phenoxy) is 1. The Kier molecular flexibility index (Phi) is 3.80. The van der Waals surface area contributed by atoms with Crippen LogP contribution in [0.3, 0.4) is 0 Å². The second-order valence-corrected chi connectivity index (χ2v) is 5.14. The van der Waals surface area contributed by atoms with E-state index in [2.05, 4.69) is 5.32 Å². The monoisotopic (exact) mass is 233 g/mol. The summed E-state index contributed by atoms with van der Waals surface area (Å²) in [4.78, 5) is 0. The molecule has 0 bridgehead atoms. The molecule has 1 heterocycles. The average molecular weight is 233 g/mol. The van der Waals surface area contributed by atoms with Crippen molar-refractivity contribution in [2.75, 3.05) is 13.7 Å². The highest BCUT2D eigenvalue weighted by atomic mass is 19.3. The molecule has 2 unspecified atom stereocenters. The molecule has 0 amide bonds. The van der Waals surface area contributed by atoms with Crippen molar-refractivity contribution in [1.29, 1.82) is 0 Å². The summed E-state index contributed by atoms with van der Waals surface area (Å²) in [6.07, 6.45) is 3.79. The summed E-state index contributed by atoms with van der Waals surface area (Å²) in [5.74, 6) is 0.0665. The molecule has 0 aromatic rings. The summed E-state index contributed by atoms with van der Waals surface area (Å²) in [7, 11) is 1.63. The van der Waals surface area contributed by atoms with Crippen LogP contribution in [0.1, 0.15) is 38.5 Å². The van der Waals surface area contributed by atoms with E-state index in [0.717, 1.165) is 25.7 Å². The zero-order valence-corrected chi connectivity index (χ0v) is 9.85. The van der Waals surface area contributed by atoms with E-state index in [9.17, 15) is 8.78 Å². The fourth-order valence-electron chi connectivity index (χ4n) is 3.31. The minimum atomic E-state index is -2.27. The highest BCUT2D eigenvalue weighted by Crippen LogP contribution is 2.43. The van der Waals surface area contributed by atoms with Gasteiger partial charge in [0.25, 0.3) is 6.43 Å². The first-order chi connectivity index (χ1) is 7.67. The third kappa shape index (κ3) is 2.38. The fraction of sp³-hybridized carbons (Fsp3) is 1.00. The van der Waals surface area contributed by atoms with Gasteiger partial charge in [-0.05, 0) is 38.6 Å². The maximum Gasteiger partial charge on any atom is 0.253 e. The first-order valence-corrected chi connectivity index (χ1v) is 6.26. The van der Waals surface area contributed by atoms with Gasteiger partial charge in [-0.15, -0.1) is 0 Å². The minimum Gasteiger partial charge on any atom is -0.375 e. The first kappa shape index (κ1) is 12.2. The lowest BCUT2D eigenvalue weighted by atomic mass is 9.80. The molecule has 1 saturated carbocycles. The summed E-state index contributed by atoms with van der Waals surface area (Å²) in [6.45, 7) is 0.648. The van der Waals surface area contributed by atoms with Gasteiger partial charge in [-0.2, -0.15) is 0 Å². The second kappa shape index (κ2) is 4.96. The van der Waals surface area contributed by atoms with Crippen LogP contribution in [0.5, 0.6) is 0 Å². The lowest BCUT2D eigenvalue weighted by Crippen LogP contribution is -2.47. The fourth-order valence-corrected chi connectivity index (χ4v) is 3.31. The molecule has 1 N–H and O–H groups in total. The molecule has 4 heteroatoms. The van der Waals surface area contributed by atoms with E-state index in [4.69, 9.17) is 4.74 Å². The molecule has 1 saturated heterocycles. The van der Waals surface area contributed by atoms with Gasteiger partial charge in [-0.1, -0.05) is 12.8 Å². The Bertz CT molecular complexity index is 229. The Morgan fingerprint density at radius 3 is 2.56 bits per heavy atom. The maximum atomic E-state index is 12.9. The van der Waals surface area contributed by atoms with Gasteiger partial charge in [0.05, 0.1) is 11.6 Å². The number of hydrogen-bond acceptors (Lipinski definition) is 2. The van der Waals surface area contributed by atoms with Crippen molar-refractivity contribution < 1.29 is 13.5 Å². The molecule has 2 fully saturated rings. The molecule has 0 aromatic carbocycles. The van der Waals surface area contributed by atoms with Crippen LogP contribution in [0.4, 0.5) is 8.78 Å². The van der Waals surface area contributed by atoms with Crippen LogP contribution in [0.25, 0.3) is 0 Å². The van der Waals surface area contributed by atoms with Crippen molar-refractivity contribution in [3.8, 4) is 0 Å². The minimum absolute atomic E-state index is 0.0626. The molecule has 1 aliphatic heterocycles. The van der Waals surface area contributed by atoms with Crippen LogP contribution in [0.15, 0.2) is 0 Å². The summed E-state index contributed by atoms with van der Waals surface area (Å²) < 4.78 is 31.6. The molecular weight excluding hydrogens is 212 g/mol. The number of hydrogen-bond donors (Lipinski definition) is 1. The number of nitrogens with one attached hydrogen (secondary N) is 1. The Hall–Kier alpha value is -0.220. The van der Waals surface area contributed by atoms with Gasteiger partial charge < -0.3 is 10.1 Å². The van der Waals surface area contributed by atoms with Crippen molar-refractivity contribution in [1.82, 2.24) is 5.32 Å². The molecule has 2 nitrogen and oxygen atoms in total. The van der Waals surface area contributed by atoms with Crippen LogP contribution in [0, 0.1) is 5.92 Å². The highest BCUT2D eigenvalue weighted by molar-refractivity contribution is 4.94. The Morgan fingerprint density at radius 1 is 1.31 bits per heavy atom. The largest absolute Gasteiger partial charge is 0.375 e. The molecule has 1 aliphatic carbocycles. The summed E-state index contributed by atoms with van der Waals surface area (Å²) in [6, 6.07) is -0.665. The van der Waals surface area contributed by atoms with Crippen molar-refractivity contribution in [2.24, 2.45) is 5.92 Å². The molecule has 0 radical (unpaired) electrons. The molecule has 16 heavy (non-hydrogen) atoms. The first-order valence-electron chi connectivity index (χ1n) is 6.26. The maximum absolute atomic E-state index is 12.9. The normalized spacial score (nSPS) is 31.1. The predicted molar refractivity (Wildman–Crippen MR) is 58.7 cm³/mol. The predicted octanol–water partition coefficient (Wildman–Crippen LogP) is 2.58. The van der Waals surface area contributed by atoms with Crippen molar-refractivity contribution in [3.05, 3.63) is 0 Å². The van der Waals surface area contributed by atoms with Crippen molar-refractivity contribution in [3.63, 3.8) is 0 Å². The van der Waals surface area contributed by atoms with Gasteiger partial charge in [0.2, 0.25) is 0 Å². The average Bonchev–Trinajstić information content (AvgIpc) is 2.67. The molecule has 2 rings (SSSR count). The third-order valence-electron chi connectivity index (χ3n) is 4.16. The second-order valence-electron chi connectivity index (χ2n) is 5.14. The van der Waals surface area contributed by atoms with E-state index in [-0.39, 0.29) is 11.5 Å². The molecule has 2 atom stereocenters. The number of halogens is 2. The topological polar surface area (TPSA) is 21.3 Å². The zero-order valence-electron chi connectivity index (χ0n) is 9.85. The molecule has 0 aromatic heterocycles. The lowest BCUT2D eigenvalue weighted by molar-refractivity contribution is -0.106. The Balaban J connectivity index is 2.00. The van der Waals surface area contributed by atoms with Crippen molar-refractivity contribution in [2.45, 2.75) is 56.6 Å². The van der Waals surface area contributed by atoms with Crippen LogP contribution >= 0.6 is 0 Å². The SMILES string of the molecule is CNC(C(F)F)C1CCOC2(CCCC2)C1. The number of rotatable bonds is 3. The third-order valence-corrected chi connectivity index (χ3v) is 4.16. The standard InChI is InChI=1S/C12H21F2NO/c1-15-10(11(13)14)9-4-7-16-12(8-9)5-2-3-6-12/h9-11,15H,2-8H2,1H3. The van der Waals surface area contributed by atoms with E-state index >= 15 is 0 Å². The summed E-state index contributed by atoms with van der Waals surface area (Å²) >= 11 is 0. The van der Waals surface area contributed by atoms with Gasteiger partial charge in [0.1, 0.15) is 0 Å². The van der Waals surface area contributed by atoms with Crippen LogP contribution in [0.2, 0.25) is 0 Å². The van der Waals surface area contributed by atoms with Gasteiger partial charge in [0, 0.05) is 6.61 Å². The Labute approximate surface area is 95.7 Å².